The molecule has 0 saturated carbocycles. The standard InChI is InChI=1S/C13H15N5O/c1-4-14-5-2-10(1)17-6-3-12-13(8-17)19-9-11-7-15-16-18(11)12/h1-2,4-5,7,12-13H,3,6,8-9H2/t12-,13-/m0/s1. The first kappa shape index (κ1) is 10.9. The van der Waals surface area contributed by atoms with Gasteiger partial charge in [0, 0.05) is 31.2 Å². The minimum atomic E-state index is 0.191. The lowest BCUT2D eigenvalue weighted by Gasteiger charge is -2.41. The molecule has 0 spiro atoms. The smallest absolute Gasteiger partial charge is 0.0980 e. The molecule has 0 N–H and O–H groups in total. The molecule has 2 aromatic heterocycles. The van der Waals surface area contributed by atoms with Crippen molar-refractivity contribution in [1.29, 1.82) is 0 Å². The van der Waals surface area contributed by atoms with E-state index in [0.29, 0.717) is 12.6 Å². The van der Waals surface area contributed by atoms with Crippen LogP contribution in [-0.2, 0) is 11.3 Å². The predicted molar refractivity (Wildman–Crippen MR) is 68.7 cm³/mol. The second-order valence-corrected chi connectivity index (χ2v) is 5.03. The quantitative estimate of drug-likeness (QED) is 0.763. The Morgan fingerprint density at radius 2 is 2.16 bits per heavy atom. The van der Waals surface area contributed by atoms with Crippen LogP contribution in [0.3, 0.4) is 0 Å². The Morgan fingerprint density at radius 1 is 1.26 bits per heavy atom. The van der Waals surface area contributed by atoms with Crippen LogP contribution in [-0.4, -0.2) is 39.2 Å². The third kappa shape index (κ3) is 1.79. The number of ether oxygens (including phenoxy) is 1. The average Bonchev–Trinajstić information content (AvgIpc) is 2.96. The van der Waals surface area contributed by atoms with Crippen molar-refractivity contribution in [3.63, 3.8) is 0 Å². The van der Waals surface area contributed by atoms with Gasteiger partial charge in [-0.2, -0.15) is 0 Å². The van der Waals surface area contributed by atoms with Crippen LogP contribution >= 0.6 is 0 Å². The van der Waals surface area contributed by atoms with Crippen LogP contribution in [0.5, 0.6) is 0 Å². The Hall–Kier alpha value is -1.95. The Labute approximate surface area is 111 Å². The van der Waals surface area contributed by atoms with Gasteiger partial charge in [-0.15, -0.1) is 5.10 Å². The molecule has 19 heavy (non-hydrogen) atoms. The molecule has 0 amide bonds. The number of rotatable bonds is 1. The topological polar surface area (TPSA) is 56.1 Å². The largest absolute Gasteiger partial charge is 0.369 e. The molecule has 2 atom stereocenters. The van der Waals surface area contributed by atoms with Gasteiger partial charge in [-0.1, -0.05) is 5.21 Å². The van der Waals surface area contributed by atoms with E-state index in [0.717, 1.165) is 25.2 Å². The molecular formula is C13H15N5O. The molecule has 2 aromatic rings. The second kappa shape index (κ2) is 4.31. The van der Waals surface area contributed by atoms with E-state index in [9.17, 15) is 0 Å². The summed E-state index contributed by atoms with van der Waals surface area (Å²) in [5.74, 6) is 0. The van der Waals surface area contributed by atoms with E-state index in [-0.39, 0.29) is 6.10 Å². The molecule has 0 aromatic carbocycles. The number of hydrogen-bond donors (Lipinski definition) is 0. The zero-order valence-corrected chi connectivity index (χ0v) is 10.5. The molecular weight excluding hydrogens is 242 g/mol. The first-order valence-electron chi connectivity index (χ1n) is 6.57. The third-order valence-corrected chi connectivity index (χ3v) is 3.96. The molecule has 0 bridgehead atoms. The van der Waals surface area contributed by atoms with Crippen LogP contribution in [0.2, 0.25) is 0 Å². The van der Waals surface area contributed by atoms with E-state index in [1.54, 1.807) is 6.20 Å². The molecule has 6 heteroatoms. The van der Waals surface area contributed by atoms with Gasteiger partial charge >= 0.3 is 0 Å². The Balaban J connectivity index is 1.57. The number of hydrogen-bond acceptors (Lipinski definition) is 5. The number of anilines is 1. The van der Waals surface area contributed by atoms with Crippen LogP contribution in [0, 0.1) is 0 Å². The van der Waals surface area contributed by atoms with E-state index in [1.165, 1.54) is 5.69 Å². The number of aromatic nitrogens is 4. The van der Waals surface area contributed by atoms with Crippen molar-refractivity contribution in [3.8, 4) is 0 Å². The Morgan fingerprint density at radius 3 is 3.05 bits per heavy atom. The van der Waals surface area contributed by atoms with E-state index >= 15 is 0 Å². The average molecular weight is 257 g/mol. The highest BCUT2D eigenvalue weighted by atomic mass is 16.5. The van der Waals surface area contributed by atoms with Crippen molar-refractivity contribution in [3.05, 3.63) is 36.4 Å². The summed E-state index contributed by atoms with van der Waals surface area (Å²) in [4.78, 5) is 6.42. The van der Waals surface area contributed by atoms with Gasteiger partial charge in [0.25, 0.3) is 0 Å². The summed E-state index contributed by atoms with van der Waals surface area (Å²) >= 11 is 0. The van der Waals surface area contributed by atoms with Gasteiger partial charge in [0.1, 0.15) is 0 Å². The van der Waals surface area contributed by atoms with E-state index in [1.807, 2.05) is 29.2 Å². The van der Waals surface area contributed by atoms with Crippen molar-refractivity contribution < 1.29 is 4.74 Å². The second-order valence-electron chi connectivity index (χ2n) is 5.03. The number of piperidine rings is 1. The molecule has 98 valence electrons. The number of nitrogens with zero attached hydrogens (tertiary/aromatic N) is 5. The van der Waals surface area contributed by atoms with Crippen LogP contribution in [0.1, 0.15) is 18.2 Å². The predicted octanol–water partition coefficient (Wildman–Crippen LogP) is 1.02. The van der Waals surface area contributed by atoms with Crippen LogP contribution in [0.15, 0.2) is 30.7 Å². The van der Waals surface area contributed by atoms with E-state index in [4.69, 9.17) is 4.74 Å². The molecule has 4 heterocycles. The molecule has 2 aliphatic heterocycles. The van der Waals surface area contributed by atoms with Crippen molar-refractivity contribution in [2.24, 2.45) is 0 Å². The molecule has 1 saturated heterocycles. The Kier molecular flexibility index (Phi) is 2.48. The van der Waals surface area contributed by atoms with Gasteiger partial charge in [0.15, 0.2) is 0 Å². The monoisotopic (exact) mass is 257 g/mol. The lowest BCUT2D eigenvalue weighted by Crippen LogP contribution is -2.48. The van der Waals surface area contributed by atoms with Crippen molar-refractivity contribution in [2.45, 2.75) is 25.2 Å². The summed E-state index contributed by atoms with van der Waals surface area (Å²) < 4.78 is 8.00. The summed E-state index contributed by atoms with van der Waals surface area (Å²) in [6.07, 6.45) is 6.68. The van der Waals surface area contributed by atoms with Crippen molar-refractivity contribution >= 4 is 5.69 Å². The minimum Gasteiger partial charge on any atom is -0.369 e. The summed E-state index contributed by atoms with van der Waals surface area (Å²) in [7, 11) is 0. The van der Waals surface area contributed by atoms with Crippen LogP contribution in [0.25, 0.3) is 0 Å². The number of pyridine rings is 1. The normalized spacial score (nSPS) is 25.8. The highest BCUT2D eigenvalue weighted by molar-refractivity contribution is 5.45. The molecule has 2 aliphatic rings. The highest BCUT2D eigenvalue weighted by Crippen LogP contribution is 2.32. The third-order valence-electron chi connectivity index (χ3n) is 3.96. The van der Waals surface area contributed by atoms with E-state index in [2.05, 4.69) is 20.2 Å². The first-order chi connectivity index (χ1) is 9.42. The lowest BCUT2D eigenvalue weighted by molar-refractivity contribution is -0.0334. The lowest BCUT2D eigenvalue weighted by atomic mass is 10.00. The zero-order chi connectivity index (χ0) is 12.7. The zero-order valence-electron chi connectivity index (χ0n) is 10.5. The van der Waals surface area contributed by atoms with Crippen LogP contribution in [0.4, 0.5) is 5.69 Å². The fourth-order valence-electron chi connectivity index (χ4n) is 2.98. The fourth-order valence-corrected chi connectivity index (χ4v) is 2.98. The molecule has 1 fully saturated rings. The fraction of sp³-hybridized carbons (Fsp3) is 0.462. The first-order valence-corrected chi connectivity index (χ1v) is 6.57. The molecule has 0 unspecified atom stereocenters. The van der Waals surface area contributed by atoms with Gasteiger partial charge < -0.3 is 9.64 Å². The summed E-state index contributed by atoms with van der Waals surface area (Å²) in [6, 6.07) is 4.41. The van der Waals surface area contributed by atoms with E-state index < -0.39 is 0 Å². The van der Waals surface area contributed by atoms with Gasteiger partial charge in [0.05, 0.1) is 30.6 Å². The van der Waals surface area contributed by atoms with Gasteiger partial charge in [-0.25, -0.2) is 4.68 Å². The van der Waals surface area contributed by atoms with Gasteiger partial charge in [-0.3, -0.25) is 4.98 Å². The SMILES string of the molecule is c1cc(N2CC[C@H]3[C@H](C2)OCc2cnnn23)ccn1. The van der Waals surface area contributed by atoms with Crippen LogP contribution < -0.4 is 4.90 Å². The molecule has 6 nitrogen and oxygen atoms in total. The maximum Gasteiger partial charge on any atom is 0.0980 e. The van der Waals surface area contributed by atoms with Crippen molar-refractivity contribution in [2.75, 3.05) is 18.0 Å². The van der Waals surface area contributed by atoms with Crippen molar-refractivity contribution in [1.82, 2.24) is 20.0 Å². The summed E-state index contributed by atoms with van der Waals surface area (Å²) in [6.45, 7) is 2.51. The minimum absolute atomic E-state index is 0.191. The molecule has 0 radical (unpaired) electrons. The number of fused-ring (bicyclic) bond motifs is 3. The maximum absolute atomic E-state index is 5.96. The summed E-state index contributed by atoms with van der Waals surface area (Å²) in [5.41, 5.74) is 2.29. The molecule has 0 aliphatic carbocycles. The summed E-state index contributed by atoms with van der Waals surface area (Å²) in [5, 5.41) is 8.18. The molecule has 4 rings (SSSR count). The highest BCUT2D eigenvalue weighted by Gasteiger charge is 2.36. The van der Waals surface area contributed by atoms with Gasteiger partial charge in [0.2, 0.25) is 0 Å². The maximum atomic E-state index is 5.96. The Bertz CT molecular complexity index is 569. The van der Waals surface area contributed by atoms with Gasteiger partial charge in [-0.05, 0) is 18.6 Å².